The predicted octanol–water partition coefficient (Wildman–Crippen LogP) is 4.34. The van der Waals surface area contributed by atoms with Crippen molar-refractivity contribution in [3.05, 3.63) is 71.8 Å². The Hall–Kier alpha value is -3.48. The van der Waals surface area contributed by atoms with Crippen LogP contribution in [0.2, 0.25) is 5.02 Å². The second kappa shape index (κ2) is 11.9. The van der Waals surface area contributed by atoms with Crippen LogP contribution in [0.5, 0.6) is 11.5 Å². The molecule has 2 N–H and O–H groups in total. The van der Waals surface area contributed by atoms with Gasteiger partial charge in [-0.3, -0.25) is 13.8 Å². The molecule has 0 saturated carbocycles. The maximum absolute atomic E-state index is 13.0. The minimum absolute atomic E-state index is 0.0249. The Kier molecular flexibility index (Phi) is 9.13. The number of halogens is 1. The Balaban J connectivity index is 1.74. The Morgan fingerprint density at radius 1 is 0.974 bits per heavy atom. The Morgan fingerprint density at radius 2 is 1.58 bits per heavy atom. The van der Waals surface area contributed by atoms with Crippen molar-refractivity contribution in [1.29, 1.82) is 0 Å². The summed E-state index contributed by atoms with van der Waals surface area (Å²) in [5, 5.41) is 2.80. The van der Waals surface area contributed by atoms with E-state index in [9.17, 15) is 21.6 Å². The highest BCUT2D eigenvalue weighted by Crippen LogP contribution is 2.31. The van der Waals surface area contributed by atoms with Crippen LogP contribution in [0.15, 0.2) is 71.6 Å². The predicted molar refractivity (Wildman–Crippen MR) is 148 cm³/mol. The minimum Gasteiger partial charge on any atom is -0.495 e. The first kappa shape index (κ1) is 29.1. The number of benzene rings is 3. The van der Waals surface area contributed by atoms with Gasteiger partial charge in [-0.05, 0) is 80.6 Å². The molecule has 0 aliphatic rings. The molecule has 1 amide bonds. The average Bonchev–Trinajstić information content (AvgIpc) is 2.85. The van der Waals surface area contributed by atoms with E-state index in [-0.39, 0.29) is 21.3 Å². The summed E-state index contributed by atoms with van der Waals surface area (Å²) in [6.07, 6.45) is 0.978. The third kappa shape index (κ3) is 7.09. The van der Waals surface area contributed by atoms with Gasteiger partial charge < -0.3 is 14.8 Å². The molecule has 0 spiro atoms. The summed E-state index contributed by atoms with van der Waals surface area (Å²) >= 11 is 6.15. The van der Waals surface area contributed by atoms with Gasteiger partial charge in [-0.15, -0.1) is 0 Å². The van der Waals surface area contributed by atoms with E-state index in [1.54, 1.807) is 24.3 Å². The largest absolute Gasteiger partial charge is 0.495 e. The van der Waals surface area contributed by atoms with Crippen LogP contribution in [0, 0.1) is 0 Å². The molecule has 3 aromatic rings. The van der Waals surface area contributed by atoms with Gasteiger partial charge in [-0.1, -0.05) is 11.6 Å². The van der Waals surface area contributed by atoms with E-state index in [1.807, 2.05) is 6.92 Å². The number of carbonyl (C=O) groups excluding carboxylic acids is 1. The van der Waals surface area contributed by atoms with E-state index < -0.39 is 32.0 Å². The zero-order valence-electron chi connectivity index (χ0n) is 21.1. The standard InChI is InChI=1S/C25H28ClN3O7S2/c1-5-36-21-11-6-19(7-12-21)28-38(33,34)22-13-8-18(9-14-22)27-25(30)17(2)29(37(4,31)32)20-10-15-24(35-3)23(26)16-20/h6-17,28H,5H2,1-4H3,(H,27,30)/t17-/m0/s1. The summed E-state index contributed by atoms with van der Waals surface area (Å²) in [7, 11) is -6.34. The van der Waals surface area contributed by atoms with Crippen LogP contribution in [-0.2, 0) is 24.8 Å². The number of nitrogens with one attached hydrogen (secondary N) is 2. The van der Waals surface area contributed by atoms with Crippen molar-refractivity contribution in [1.82, 2.24) is 0 Å². The van der Waals surface area contributed by atoms with Crippen LogP contribution in [0.3, 0.4) is 0 Å². The van der Waals surface area contributed by atoms with Crippen LogP contribution < -0.4 is 23.8 Å². The van der Waals surface area contributed by atoms with Gasteiger partial charge in [0.15, 0.2) is 0 Å². The molecule has 0 aliphatic carbocycles. The topological polar surface area (TPSA) is 131 Å². The number of nitrogens with zero attached hydrogens (tertiary/aromatic N) is 1. The maximum atomic E-state index is 13.0. The lowest BCUT2D eigenvalue weighted by atomic mass is 10.2. The highest BCUT2D eigenvalue weighted by Gasteiger charge is 2.30. The molecule has 13 heteroatoms. The third-order valence-corrected chi connectivity index (χ3v) is 8.26. The summed E-state index contributed by atoms with van der Waals surface area (Å²) in [6.45, 7) is 3.77. The number of ether oxygens (including phenoxy) is 2. The van der Waals surface area contributed by atoms with Crippen molar-refractivity contribution in [2.75, 3.05) is 34.3 Å². The van der Waals surface area contributed by atoms with Gasteiger partial charge in [0.25, 0.3) is 10.0 Å². The average molecular weight is 582 g/mol. The van der Waals surface area contributed by atoms with E-state index in [4.69, 9.17) is 21.1 Å². The number of methoxy groups -OCH3 is 1. The van der Waals surface area contributed by atoms with Crippen LogP contribution in [0.1, 0.15) is 13.8 Å². The second-order valence-corrected chi connectivity index (χ2v) is 12.1. The fraction of sp³-hybridized carbons (Fsp3) is 0.240. The van der Waals surface area contributed by atoms with Crippen molar-refractivity contribution in [2.45, 2.75) is 24.8 Å². The third-order valence-electron chi connectivity index (χ3n) is 5.33. The highest BCUT2D eigenvalue weighted by molar-refractivity contribution is 7.92. The van der Waals surface area contributed by atoms with E-state index in [2.05, 4.69) is 10.0 Å². The van der Waals surface area contributed by atoms with Crippen molar-refractivity contribution >= 4 is 54.6 Å². The number of anilines is 3. The molecular formula is C25H28ClN3O7S2. The van der Waals surface area contributed by atoms with Gasteiger partial charge in [0, 0.05) is 11.4 Å². The van der Waals surface area contributed by atoms with Crippen LogP contribution in [-0.4, -0.2) is 48.8 Å². The zero-order chi connectivity index (χ0) is 28.1. The number of sulfonamides is 2. The number of amides is 1. The van der Waals surface area contributed by atoms with Gasteiger partial charge in [0.1, 0.15) is 17.5 Å². The lowest BCUT2D eigenvalue weighted by Crippen LogP contribution is -2.45. The molecule has 38 heavy (non-hydrogen) atoms. The lowest BCUT2D eigenvalue weighted by Gasteiger charge is -2.28. The van der Waals surface area contributed by atoms with E-state index in [1.165, 1.54) is 56.5 Å². The highest BCUT2D eigenvalue weighted by atomic mass is 35.5. The van der Waals surface area contributed by atoms with Gasteiger partial charge in [-0.2, -0.15) is 0 Å². The zero-order valence-corrected chi connectivity index (χ0v) is 23.5. The molecule has 0 fully saturated rings. The van der Waals surface area contributed by atoms with Crippen LogP contribution in [0.25, 0.3) is 0 Å². The van der Waals surface area contributed by atoms with Gasteiger partial charge in [0.2, 0.25) is 15.9 Å². The van der Waals surface area contributed by atoms with E-state index in [0.717, 1.165) is 10.6 Å². The number of hydrogen-bond donors (Lipinski definition) is 2. The fourth-order valence-electron chi connectivity index (χ4n) is 3.57. The molecule has 0 aliphatic heterocycles. The van der Waals surface area contributed by atoms with Crippen molar-refractivity contribution in [3.8, 4) is 11.5 Å². The quantitative estimate of drug-likeness (QED) is 0.344. The SMILES string of the molecule is CCOc1ccc(NS(=O)(=O)c2ccc(NC(=O)[C@H](C)N(c3ccc(OC)c(Cl)c3)S(C)(=O)=O)cc2)cc1. The van der Waals surface area contributed by atoms with Gasteiger partial charge >= 0.3 is 0 Å². The van der Waals surface area contributed by atoms with Crippen molar-refractivity contribution in [3.63, 3.8) is 0 Å². The molecule has 0 unspecified atom stereocenters. The van der Waals surface area contributed by atoms with Crippen molar-refractivity contribution in [2.24, 2.45) is 0 Å². The van der Waals surface area contributed by atoms with Gasteiger partial charge in [0.05, 0.1) is 35.6 Å². The van der Waals surface area contributed by atoms with Gasteiger partial charge in [-0.25, -0.2) is 16.8 Å². The molecule has 3 rings (SSSR count). The number of hydrogen-bond acceptors (Lipinski definition) is 7. The second-order valence-electron chi connectivity index (χ2n) is 8.13. The Labute approximate surface area is 227 Å². The van der Waals surface area contributed by atoms with Crippen LogP contribution in [0.4, 0.5) is 17.1 Å². The molecule has 3 aromatic carbocycles. The first-order valence-electron chi connectivity index (χ1n) is 11.3. The normalized spacial score (nSPS) is 12.3. The van der Waals surface area contributed by atoms with Crippen molar-refractivity contribution < 1.29 is 31.1 Å². The molecule has 204 valence electrons. The Bertz CT molecular complexity index is 1490. The fourth-order valence-corrected chi connectivity index (χ4v) is 6.04. The first-order chi connectivity index (χ1) is 17.9. The summed E-state index contributed by atoms with van der Waals surface area (Å²) < 4.78 is 64.5. The molecular weight excluding hydrogens is 554 g/mol. The van der Waals surface area contributed by atoms with E-state index in [0.29, 0.717) is 23.8 Å². The lowest BCUT2D eigenvalue weighted by molar-refractivity contribution is -0.116. The molecule has 10 nitrogen and oxygen atoms in total. The summed E-state index contributed by atoms with van der Waals surface area (Å²) in [5.74, 6) is 0.341. The molecule has 0 heterocycles. The molecule has 0 aromatic heterocycles. The monoisotopic (exact) mass is 581 g/mol. The Morgan fingerprint density at radius 3 is 2.11 bits per heavy atom. The number of rotatable bonds is 11. The molecule has 1 atom stereocenters. The minimum atomic E-state index is -3.89. The molecule has 0 bridgehead atoms. The van der Waals surface area contributed by atoms with E-state index >= 15 is 0 Å². The first-order valence-corrected chi connectivity index (χ1v) is 15.1. The maximum Gasteiger partial charge on any atom is 0.261 e. The summed E-state index contributed by atoms with van der Waals surface area (Å²) in [6, 6.07) is 15.2. The smallest absolute Gasteiger partial charge is 0.261 e. The number of carbonyl (C=O) groups is 1. The van der Waals surface area contributed by atoms with Crippen LogP contribution >= 0.6 is 11.6 Å². The summed E-state index contributed by atoms with van der Waals surface area (Å²) in [5.41, 5.74) is 0.824. The molecule has 0 radical (unpaired) electrons. The summed E-state index contributed by atoms with van der Waals surface area (Å²) in [4.78, 5) is 12.9. The molecule has 0 saturated heterocycles.